The van der Waals surface area contributed by atoms with E-state index in [1.807, 2.05) is 60.7 Å². The van der Waals surface area contributed by atoms with Crippen LogP contribution in [0.1, 0.15) is 11.1 Å². The fourth-order valence-corrected chi connectivity index (χ4v) is 2.23. The van der Waals surface area contributed by atoms with Crippen molar-refractivity contribution in [2.24, 2.45) is 0 Å². The lowest BCUT2D eigenvalue weighted by Gasteiger charge is -2.24. The number of hydrogen-bond donors (Lipinski definition) is 1. The topological polar surface area (TPSA) is 55.8 Å². The second-order valence-corrected chi connectivity index (χ2v) is 5.41. The summed E-state index contributed by atoms with van der Waals surface area (Å²) < 4.78 is 24.6. The van der Waals surface area contributed by atoms with Crippen LogP contribution in [0.15, 0.2) is 60.7 Å². The van der Waals surface area contributed by atoms with Crippen molar-refractivity contribution in [2.45, 2.75) is 31.6 Å². The Hall–Kier alpha value is -2.08. The lowest BCUT2D eigenvalue weighted by Crippen LogP contribution is -2.41. The molecule has 4 nitrogen and oxygen atoms in total. The molecule has 2 aromatic rings. The minimum Gasteiger partial charge on any atom is -0.388 e. The minimum atomic E-state index is -1.91. The van der Waals surface area contributed by atoms with Gasteiger partial charge < -0.3 is 19.4 Å². The van der Waals surface area contributed by atoms with Crippen molar-refractivity contribution < 1.29 is 23.8 Å². The van der Waals surface area contributed by atoms with E-state index < -0.39 is 18.4 Å². The molecule has 0 aliphatic rings. The summed E-state index contributed by atoms with van der Waals surface area (Å²) >= 11 is 0. The van der Waals surface area contributed by atoms with Gasteiger partial charge in [-0.05, 0) is 11.1 Å². The van der Waals surface area contributed by atoms with Crippen LogP contribution in [0.5, 0.6) is 0 Å². The molecular formula is C19H21FO4. The first-order valence-electron chi connectivity index (χ1n) is 7.75. The van der Waals surface area contributed by atoms with E-state index in [2.05, 4.69) is 0 Å². The first kappa shape index (κ1) is 18.3. The molecule has 0 amide bonds. The number of rotatable bonds is 10. The Bertz CT molecular complexity index is 591. The maximum Gasteiger partial charge on any atom is 0.184 e. The summed E-state index contributed by atoms with van der Waals surface area (Å²) in [5.74, 6) is 0. The summed E-state index contributed by atoms with van der Waals surface area (Å²) in [6.45, 7) is 0.277. The largest absolute Gasteiger partial charge is 0.388 e. The van der Waals surface area contributed by atoms with Gasteiger partial charge in [-0.25, -0.2) is 4.39 Å². The lowest BCUT2D eigenvalue weighted by atomic mass is 10.1. The van der Waals surface area contributed by atoms with E-state index in [4.69, 9.17) is 9.47 Å². The van der Waals surface area contributed by atoms with Gasteiger partial charge in [0.2, 0.25) is 0 Å². The lowest BCUT2D eigenvalue weighted by molar-refractivity contribution is -0.132. The van der Waals surface area contributed by atoms with E-state index in [0.717, 1.165) is 11.1 Å². The van der Waals surface area contributed by atoms with Gasteiger partial charge in [-0.1, -0.05) is 60.7 Å². The predicted octanol–water partition coefficient (Wildman–Crippen LogP) is 2.69. The fraction of sp³-hybridized carbons (Fsp3) is 0.316. The molecule has 3 atom stereocenters. The highest BCUT2D eigenvalue weighted by atomic mass is 19.1. The molecule has 128 valence electrons. The number of carbonyl (C=O) groups excluding carboxylic acids is 1. The van der Waals surface area contributed by atoms with Crippen LogP contribution in [0, 0.1) is 0 Å². The van der Waals surface area contributed by atoms with Crippen molar-refractivity contribution in [3.05, 3.63) is 71.8 Å². The van der Waals surface area contributed by atoms with Crippen molar-refractivity contribution >= 4 is 6.29 Å². The number of benzene rings is 2. The van der Waals surface area contributed by atoms with Crippen LogP contribution in [0.2, 0.25) is 0 Å². The molecular weight excluding hydrogens is 311 g/mol. The molecule has 0 aliphatic carbocycles. The number of aliphatic hydroxyl groups is 1. The molecule has 0 radical (unpaired) electrons. The monoisotopic (exact) mass is 332 g/mol. The van der Waals surface area contributed by atoms with Crippen molar-refractivity contribution in [1.82, 2.24) is 0 Å². The van der Waals surface area contributed by atoms with Crippen molar-refractivity contribution in [3.63, 3.8) is 0 Å². The molecule has 0 aliphatic heterocycles. The molecule has 24 heavy (non-hydrogen) atoms. The van der Waals surface area contributed by atoms with Crippen molar-refractivity contribution in [1.29, 1.82) is 0 Å². The van der Waals surface area contributed by atoms with Crippen LogP contribution in [-0.2, 0) is 27.5 Å². The maximum atomic E-state index is 13.8. The molecule has 0 bridgehead atoms. The number of hydrogen-bond acceptors (Lipinski definition) is 4. The molecule has 0 unspecified atom stereocenters. The van der Waals surface area contributed by atoms with Gasteiger partial charge in [-0.15, -0.1) is 0 Å². The molecule has 0 spiro atoms. The molecule has 2 aromatic carbocycles. The number of aldehydes is 1. The molecule has 1 N–H and O–H groups in total. The fourth-order valence-electron chi connectivity index (χ4n) is 2.23. The Morgan fingerprint density at radius 2 is 1.50 bits per heavy atom. The molecule has 0 fully saturated rings. The molecule has 0 heterocycles. The normalized spacial score (nSPS) is 14.8. The van der Waals surface area contributed by atoms with Gasteiger partial charge in [0.1, 0.15) is 12.2 Å². The van der Waals surface area contributed by atoms with E-state index >= 15 is 0 Å². The van der Waals surface area contributed by atoms with Gasteiger partial charge in [0.15, 0.2) is 12.5 Å². The van der Waals surface area contributed by atoms with Gasteiger partial charge in [0.25, 0.3) is 0 Å². The summed E-state index contributed by atoms with van der Waals surface area (Å²) in [4.78, 5) is 10.8. The Balaban J connectivity index is 1.85. The molecule has 0 saturated heterocycles. The Morgan fingerprint density at radius 1 is 0.958 bits per heavy atom. The number of ether oxygens (including phenoxy) is 2. The number of halogens is 1. The van der Waals surface area contributed by atoms with E-state index in [-0.39, 0.29) is 19.5 Å². The van der Waals surface area contributed by atoms with Gasteiger partial charge >= 0.3 is 0 Å². The van der Waals surface area contributed by atoms with Crippen LogP contribution >= 0.6 is 0 Å². The van der Waals surface area contributed by atoms with Crippen LogP contribution in [0.4, 0.5) is 4.39 Å². The van der Waals surface area contributed by atoms with Crippen LogP contribution in [0.25, 0.3) is 0 Å². The first-order chi connectivity index (χ1) is 11.7. The highest BCUT2D eigenvalue weighted by Gasteiger charge is 2.29. The highest BCUT2D eigenvalue weighted by molar-refractivity contribution is 5.57. The van der Waals surface area contributed by atoms with Gasteiger partial charge in [-0.2, -0.15) is 0 Å². The first-order valence-corrected chi connectivity index (χ1v) is 7.75. The van der Waals surface area contributed by atoms with Crippen LogP contribution < -0.4 is 0 Å². The second-order valence-electron chi connectivity index (χ2n) is 5.41. The zero-order valence-corrected chi connectivity index (χ0v) is 13.3. The SMILES string of the molecule is O=C[C@@H](F)[C@H](OCc1ccccc1)[C@H](O)COCc1ccccc1. The highest BCUT2D eigenvalue weighted by Crippen LogP contribution is 2.13. The van der Waals surface area contributed by atoms with Crippen molar-refractivity contribution in [2.75, 3.05) is 6.61 Å². The molecule has 5 heteroatoms. The smallest absolute Gasteiger partial charge is 0.184 e. The van der Waals surface area contributed by atoms with Gasteiger partial charge in [0.05, 0.1) is 19.8 Å². The van der Waals surface area contributed by atoms with E-state index in [9.17, 15) is 14.3 Å². The third-order valence-corrected chi connectivity index (χ3v) is 3.51. The standard InChI is InChI=1S/C19H21FO4/c20-17(11-21)19(24-13-16-9-5-2-6-10-16)18(22)14-23-12-15-7-3-1-4-8-15/h1-11,17-19,22H,12-14H2/t17-,18-,19+/m1/s1. The van der Waals surface area contributed by atoms with E-state index in [1.165, 1.54) is 0 Å². The summed E-state index contributed by atoms with van der Waals surface area (Å²) in [6, 6.07) is 18.6. The average molecular weight is 332 g/mol. The Morgan fingerprint density at radius 3 is 2.04 bits per heavy atom. The van der Waals surface area contributed by atoms with Gasteiger partial charge in [0, 0.05) is 0 Å². The summed E-state index contributed by atoms with van der Waals surface area (Å²) in [6.07, 6.45) is -4.28. The number of aliphatic hydroxyl groups excluding tert-OH is 1. The molecule has 2 rings (SSSR count). The van der Waals surface area contributed by atoms with Crippen LogP contribution in [0.3, 0.4) is 0 Å². The zero-order chi connectivity index (χ0) is 17.2. The van der Waals surface area contributed by atoms with Gasteiger partial charge in [-0.3, -0.25) is 0 Å². The Labute approximate surface area is 140 Å². The second kappa shape index (κ2) is 9.93. The summed E-state index contributed by atoms with van der Waals surface area (Å²) in [5.41, 5.74) is 1.77. The van der Waals surface area contributed by atoms with E-state index in [1.54, 1.807) is 0 Å². The quantitative estimate of drug-likeness (QED) is 0.680. The number of carbonyl (C=O) groups is 1. The van der Waals surface area contributed by atoms with Crippen molar-refractivity contribution in [3.8, 4) is 0 Å². The molecule has 0 aromatic heterocycles. The number of alkyl halides is 1. The maximum absolute atomic E-state index is 13.8. The predicted molar refractivity (Wildman–Crippen MR) is 88.1 cm³/mol. The third kappa shape index (κ3) is 5.85. The summed E-state index contributed by atoms with van der Waals surface area (Å²) in [7, 11) is 0. The third-order valence-electron chi connectivity index (χ3n) is 3.51. The molecule has 0 saturated carbocycles. The summed E-state index contributed by atoms with van der Waals surface area (Å²) in [5, 5.41) is 10.1. The minimum absolute atomic E-state index is 0.107. The zero-order valence-electron chi connectivity index (χ0n) is 13.3. The van der Waals surface area contributed by atoms with Crippen LogP contribution in [-0.4, -0.2) is 36.4 Å². The Kier molecular flexibility index (Phi) is 7.55. The van der Waals surface area contributed by atoms with E-state index in [0.29, 0.717) is 6.61 Å². The average Bonchev–Trinajstić information content (AvgIpc) is 2.63.